The van der Waals surface area contributed by atoms with Gasteiger partial charge >= 0.3 is 0 Å². The number of furan rings is 1. The first-order valence-corrected chi connectivity index (χ1v) is 13.3. The van der Waals surface area contributed by atoms with Crippen molar-refractivity contribution < 1.29 is 28.0 Å². The number of aliphatic imine (C=N–C) groups is 1. The van der Waals surface area contributed by atoms with Gasteiger partial charge in [-0.1, -0.05) is 24.2 Å². The van der Waals surface area contributed by atoms with E-state index in [0.717, 1.165) is 0 Å². The average Bonchev–Trinajstić information content (AvgIpc) is 3.68. The minimum absolute atomic E-state index is 0.222. The van der Waals surface area contributed by atoms with Gasteiger partial charge in [-0.05, 0) is 60.9 Å². The molecule has 4 aromatic rings. The van der Waals surface area contributed by atoms with E-state index in [2.05, 4.69) is 27.0 Å². The van der Waals surface area contributed by atoms with Crippen LogP contribution in [0.25, 0.3) is 33.4 Å². The number of nitrogens with two attached hydrogens (primary N) is 1. The molecule has 0 atom stereocenters. The number of rotatable bonds is 8. The molecule has 0 aliphatic heterocycles. The molecule has 1 fully saturated rings. The lowest BCUT2D eigenvalue weighted by Gasteiger charge is -2.19. The van der Waals surface area contributed by atoms with Crippen molar-refractivity contribution >= 4 is 40.3 Å². The molecule has 11 heteroatoms. The summed E-state index contributed by atoms with van der Waals surface area (Å²) in [7, 11) is 2.96. The summed E-state index contributed by atoms with van der Waals surface area (Å²) in [6, 6.07) is 14.1. The lowest BCUT2D eigenvalue weighted by Crippen LogP contribution is -2.38. The third-order valence-electron chi connectivity index (χ3n) is 7.21. The van der Waals surface area contributed by atoms with Gasteiger partial charge in [0.25, 0.3) is 11.8 Å². The second-order valence-corrected chi connectivity index (χ2v) is 10.3. The van der Waals surface area contributed by atoms with Crippen molar-refractivity contribution in [2.45, 2.75) is 25.3 Å². The molecule has 2 amide bonds. The molecule has 4 N–H and O–H groups in total. The van der Waals surface area contributed by atoms with Crippen molar-refractivity contribution in [3.63, 3.8) is 0 Å². The van der Waals surface area contributed by atoms with Crippen molar-refractivity contribution in [1.29, 1.82) is 0 Å². The van der Waals surface area contributed by atoms with E-state index in [1.54, 1.807) is 49.4 Å². The summed E-state index contributed by atoms with van der Waals surface area (Å²) in [5.41, 5.74) is 2.39. The zero-order valence-electron chi connectivity index (χ0n) is 23.1. The molecule has 9 nitrogen and oxygen atoms in total. The monoisotopic (exact) mass is 590 g/mol. The predicted octanol–water partition coefficient (Wildman–Crippen LogP) is 6.01. The zero-order valence-corrected chi connectivity index (χ0v) is 23.9. The van der Waals surface area contributed by atoms with E-state index in [4.69, 9.17) is 26.7 Å². The first kappa shape index (κ1) is 28.8. The summed E-state index contributed by atoms with van der Waals surface area (Å²) in [5, 5.41) is 6.51. The number of halogens is 2. The van der Waals surface area contributed by atoms with Gasteiger partial charge in [-0.2, -0.15) is 5.90 Å². The summed E-state index contributed by atoms with van der Waals surface area (Å²) in [4.78, 5) is 35.4. The number of fused-ring (bicyclic) bond motifs is 1. The van der Waals surface area contributed by atoms with Crippen molar-refractivity contribution in [3.05, 3.63) is 88.8 Å². The Morgan fingerprint density at radius 1 is 1.10 bits per heavy atom. The van der Waals surface area contributed by atoms with Crippen LogP contribution in [-0.2, 0) is 4.84 Å². The molecule has 5 rings (SSSR count). The number of hydrogen-bond donors (Lipinski definition) is 3. The number of nitrogens with zero attached hydrogens (tertiary/aromatic N) is 1. The van der Waals surface area contributed by atoms with Crippen molar-refractivity contribution in [1.82, 2.24) is 10.6 Å². The van der Waals surface area contributed by atoms with Gasteiger partial charge in [0.15, 0.2) is 0 Å². The number of carbonyl (C=O) groups excluding carboxylic acids is 2. The number of carbonyl (C=O) groups is 2. The Bertz CT molecular complexity index is 1760. The molecular formula is C31H28ClFN4O5. The molecule has 3 aromatic carbocycles. The summed E-state index contributed by atoms with van der Waals surface area (Å²) >= 11 is 6.68. The summed E-state index contributed by atoms with van der Waals surface area (Å²) in [6.45, 7) is 5.57. The fraction of sp³-hybridized carbons (Fsp3) is 0.194. The molecule has 1 aromatic heterocycles. The highest BCUT2D eigenvalue weighted by atomic mass is 35.5. The van der Waals surface area contributed by atoms with E-state index < -0.39 is 17.3 Å². The van der Waals surface area contributed by atoms with Crippen LogP contribution in [0.15, 0.2) is 76.3 Å². The highest BCUT2D eigenvalue weighted by Crippen LogP contribution is 2.44. The number of methoxy groups -OCH3 is 1. The fourth-order valence-corrected chi connectivity index (χ4v) is 5.02. The second-order valence-electron chi connectivity index (χ2n) is 9.87. The zero-order chi connectivity index (χ0) is 30.2. The summed E-state index contributed by atoms with van der Waals surface area (Å²) < 4.78 is 25.1. The Morgan fingerprint density at radius 2 is 1.79 bits per heavy atom. The maximum atomic E-state index is 13.6. The molecule has 1 aliphatic carbocycles. The minimum atomic E-state index is -0.726. The Morgan fingerprint density at radius 3 is 2.40 bits per heavy atom. The standard InChI is InChI=1S/C31H28ClFN4O5/c1-16(36-17(2)42-34)31(11-12-31)37-29(38)23-14-21(24(32)15-26(23)40-4)19-7-10-25-22(13-19)27(30(39)35-3)28(41-25)18-5-8-20(33)9-6-18/h5-10,13-15H,1,11-12,34H2,2-4H3,(H,35,39)(H,37,38)/b36-17-. The summed E-state index contributed by atoms with van der Waals surface area (Å²) in [6.07, 6.45) is 1.30. The Hall–Kier alpha value is -4.67. The van der Waals surface area contributed by atoms with E-state index in [1.807, 2.05) is 0 Å². The van der Waals surface area contributed by atoms with Crippen molar-refractivity contribution in [2.24, 2.45) is 10.9 Å². The lowest BCUT2D eigenvalue weighted by molar-refractivity contribution is 0.0932. The molecule has 216 valence electrons. The molecule has 0 spiro atoms. The van der Waals surface area contributed by atoms with Gasteiger partial charge in [0.1, 0.15) is 22.9 Å². The highest BCUT2D eigenvalue weighted by Gasteiger charge is 2.47. The van der Waals surface area contributed by atoms with E-state index in [-0.39, 0.29) is 28.7 Å². The van der Waals surface area contributed by atoms with Gasteiger partial charge in [0, 0.05) is 36.6 Å². The Balaban J connectivity index is 1.57. The van der Waals surface area contributed by atoms with Crippen molar-refractivity contribution in [3.8, 4) is 28.2 Å². The predicted molar refractivity (Wildman–Crippen MR) is 159 cm³/mol. The average molecular weight is 591 g/mol. The first-order valence-electron chi connectivity index (χ1n) is 13.0. The Labute approximate surface area is 246 Å². The SMILES string of the molecule is C=C(/N=C(/C)ON)C1(NC(=O)c2cc(-c3ccc4oc(-c5ccc(F)cc5)c(C(=O)NC)c4c3)c(Cl)cc2OC)CC1. The van der Waals surface area contributed by atoms with Gasteiger partial charge < -0.3 is 24.6 Å². The van der Waals surface area contributed by atoms with Crippen LogP contribution in [0.2, 0.25) is 5.02 Å². The molecule has 0 saturated heterocycles. The maximum absolute atomic E-state index is 13.6. The van der Waals surface area contributed by atoms with Crippen LogP contribution in [0.1, 0.15) is 40.5 Å². The molecule has 1 saturated carbocycles. The number of hydrogen-bond acceptors (Lipinski definition) is 7. The molecule has 0 unspecified atom stereocenters. The highest BCUT2D eigenvalue weighted by molar-refractivity contribution is 6.34. The van der Waals surface area contributed by atoms with E-state index in [9.17, 15) is 14.0 Å². The number of ether oxygens (including phenoxy) is 1. The van der Waals surface area contributed by atoms with E-state index >= 15 is 0 Å². The van der Waals surface area contributed by atoms with Gasteiger partial charge in [0.05, 0.1) is 34.5 Å². The molecule has 0 bridgehead atoms. The van der Waals surface area contributed by atoms with Gasteiger partial charge in [-0.25, -0.2) is 9.38 Å². The topological polar surface area (TPSA) is 128 Å². The van der Waals surface area contributed by atoms with Gasteiger partial charge in [-0.3, -0.25) is 9.59 Å². The number of benzene rings is 3. The molecule has 1 heterocycles. The van der Waals surface area contributed by atoms with Crippen LogP contribution >= 0.6 is 11.6 Å². The largest absolute Gasteiger partial charge is 0.496 e. The van der Waals surface area contributed by atoms with Crippen LogP contribution < -0.4 is 21.3 Å². The second kappa shape index (κ2) is 11.3. The van der Waals surface area contributed by atoms with Gasteiger partial charge in [0.2, 0.25) is 5.90 Å². The smallest absolute Gasteiger partial charge is 0.255 e. The normalized spacial score (nSPS) is 13.9. The molecular weight excluding hydrogens is 563 g/mol. The lowest BCUT2D eigenvalue weighted by atomic mass is 9.98. The van der Waals surface area contributed by atoms with E-state index in [1.165, 1.54) is 26.3 Å². The molecule has 0 radical (unpaired) electrons. The molecule has 42 heavy (non-hydrogen) atoms. The van der Waals surface area contributed by atoms with E-state index in [0.29, 0.717) is 57.0 Å². The number of nitrogens with one attached hydrogen (secondary N) is 2. The fourth-order valence-electron chi connectivity index (χ4n) is 4.76. The molecule has 1 aliphatic rings. The van der Waals surface area contributed by atoms with Crippen LogP contribution in [0.4, 0.5) is 4.39 Å². The maximum Gasteiger partial charge on any atom is 0.255 e. The third kappa shape index (κ3) is 5.34. The van der Waals surface area contributed by atoms with Crippen LogP contribution in [0.3, 0.4) is 0 Å². The first-order chi connectivity index (χ1) is 20.1. The van der Waals surface area contributed by atoms with Crippen LogP contribution in [0.5, 0.6) is 5.75 Å². The van der Waals surface area contributed by atoms with Gasteiger partial charge in [-0.15, -0.1) is 0 Å². The third-order valence-corrected chi connectivity index (χ3v) is 7.52. The number of amides is 2. The minimum Gasteiger partial charge on any atom is -0.496 e. The van der Waals surface area contributed by atoms with Crippen molar-refractivity contribution in [2.75, 3.05) is 14.2 Å². The summed E-state index contributed by atoms with van der Waals surface area (Å²) in [5.74, 6) is 4.79. The van der Waals surface area contributed by atoms with Crippen LogP contribution in [-0.4, -0.2) is 37.4 Å². The quantitative estimate of drug-likeness (QED) is 0.131. The Kier molecular flexibility index (Phi) is 7.77. The van der Waals surface area contributed by atoms with Crippen LogP contribution in [0, 0.1) is 5.82 Å².